The average Bonchev–Trinajstić information content (AvgIpc) is 2.78. The quantitative estimate of drug-likeness (QED) is 0.765. The average molecular weight is 279 g/mol. The van der Waals surface area contributed by atoms with Gasteiger partial charge in [-0.1, -0.05) is 0 Å². The van der Waals surface area contributed by atoms with Crippen LogP contribution in [0.15, 0.2) is 0 Å². The largest absolute Gasteiger partial charge is 0.340 e. The van der Waals surface area contributed by atoms with Gasteiger partial charge >= 0.3 is 0 Å². The summed E-state index contributed by atoms with van der Waals surface area (Å²) in [6.45, 7) is 9.63. The van der Waals surface area contributed by atoms with Crippen molar-refractivity contribution in [3.63, 3.8) is 0 Å². The third kappa shape index (κ3) is 2.37. The molecule has 0 N–H and O–H groups in total. The van der Waals surface area contributed by atoms with Crippen LogP contribution in [0, 0.1) is 5.92 Å². The molecule has 0 radical (unpaired) electrons. The van der Waals surface area contributed by atoms with Gasteiger partial charge in [-0.15, -0.1) is 0 Å². The number of piperazine rings is 1. The second-order valence-electron chi connectivity index (χ2n) is 7.31. The van der Waals surface area contributed by atoms with Gasteiger partial charge in [0.15, 0.2) is 0 Å². The predicted octanol–water partition coefficient (Wildman–Crippen LogP) is 1.41. The van der Waals surface area contributed by atoms with E-state index in [2.05, 4.69) is 35.6 Å². The molecule has 1 amide bonds. The van der Waals surface area contributed by atoms with E-state index < -0.39 is 0 Å². The monoisotopic (exact) mass is 279 g/mol. The number of hydrogen-bond acceptors (Lipinski definition) is 3. The van der Waals surface area contributed by atoms with Crippen LogP contribution in [0.4, 0.5) is 0 Å². The van der Waals surface area contributed by atoms with Crippen LogP contribution < -0.4 is 0 Å². The second kappa shape index (κ2) is 5.30. The summed E-state index contributed by atoms with van der Waals surface area (Å²) in [7, 11) is 2.23. The minimum absolute atomic E-state index is 0.307. The Morgan fingerprint density at radius 1 is 1.10 bits per heavy atom. The summed E-state index contributed by atoms with van der Waals surface area (Å²) in [6, 6.07) is 0.603. The van der Waals surface area contributed by atoms with Gasteiger partial charge in [0, 0.05) is 43.7 Å². The van der Waals surface area contributed by atoms with Crippen molar-refractivity contribution in [2.24, 2.45) is 5.92 Å². The van der Waals surface area contributed by atoms with Gasteiger partial charge in [0.2, 0.25) is 5.91 Å². The highest BCUT2D eigenvalue weighted by Crippen LogP contribution is 2.48. The minimum Gasteiger partial charge on any atom is -0.340 e. The van der Waals surface area contributed by atoms with E-state index >= 15 is 0 Å². The number of likely N-dealkylation sites (tertiary alicyclic amines) is 1. The first-order chi connectivity index (χ1) is 9.52. The number of amides is 1. The lowest BCUT2D eigenvalue weighted by molar-refractivity contribution is -0.145. The molecule has 4 nitrogen and oxygen atoms in total. The molecule has 2 aliphatic heterocycles. The molecule has 0 aromatic carbocycles. The highest BCUT2D eigenvalue weighted by atomic mass is 16.2. The topological polar surface area (TPSA) is 26.8 Å². The number of rotatable bonds is 2. The van der Waals surface area contributed by atoms with Gasteiger partial charge < -0.3 is 9.80 Å². The first kappa shape index (κ1) is 14.3. The number of carbonyl (C=O) groups excluding carboxylic acids is 1. The third-order valence-electron chi connectivity index (χ3n) is 5.90. The summed E-state index contributed by atoms with van der Waals surface area (Å²) in [6.07, 6.45) is 4.82. The molecule has 0 bridgehead atoms. The van der Waals surface area contributed by atoms with Crippen molar-refractivity contribution < 1.29 is 4.79 Å². The van der Waals surface area contributed by atoms with E-state index in [9.17, 15) is 4.79 Å². The lowest BCUT2D eigenvalue weighted by Crippen LogP contribution is -2.59. The third-order valence-corrected chi connectivity index (χ3v) is 5.90. The van der Waals surface area contributed by atoms with Gasteiger partial charge in [-0.25, -0.2) is 0 Å². The Hall–Kier alpha value is -0.610. The number of nitrogens with zero attached hydrogens (tertiary/aromatic N) is 3. The van der Waals surface area contributed by atoms with Crippen LogP contribution in [-0.2, 0) is 4.79 Å². The van der Waals surface area contributed by atoms with E-state index in [4.69, 9.17) is 0 Å². The first-order valence-electron chi connectivity index (χ1n) is 8.26. The maximum atomic E-state index is 12.6. The van der Waals surface area contributed by atoms with E-state index in [1.165, 1.54) is 19.4 Å². The fourth-order valence-corrected chi connectivity index (χ4v) is 4.34. The molecule has 1 aliphatic carbocycles. The second-order valence-corrected chi connectivity index (χ2v) is 7.31. The molecule has 4 heteroatoms. The van der Waals surface area contributed by atoms with Crippen molar-refractivity contribution in [2.75, 3.05) is 39.8 Å². The summed E-state index contributed by atoms with van der Waals surface area (Å²) in [4.78, 5) is 19.7. The summed E-state index contributed by atoms with van der Waals surface area (Å²) in [5.41, 5.74) is 0.389. The molecule has 2 saturated heterocycles. The van der Waals surface area contributed by atoms with Crippen LogP contribution in [0.1, 0.15) is 39.5 Å². The van der Waals surface area contributed by atoms with E-state index in [0.29, 0.717) is 23.4 Å². The zero-order valence-electron chi connectivity index (χ0n) is 13.3. The normalized spacial score (nSPS) is 35.8. The van der Waals surface area contributed by atoms with Crippen molar-refractivity contribution >= 4 is 5.91 Å². The number of carbonyl (C=O) groups is 1. The standard InChI is InChI=1S/C16H29N3O/c1-13(2)18-7-9-19(10-8-18)15(20)14-11-16(12-14)5-4-6-17(16)3/h13-14H,4-12H2,1-3H3. The maximum absolute atomic E-state index is 12.6. The molecule has 1 spiro atoms. The zero-order chi connectivity index (χ0) is 14.3. The summed E-state index contributed by atoms with van der Waals surface area (Å²) in [5, 5.41) is 0. The molecule has 1 saturated carbocycles. The molecule has 20 heavy (non-hydrogen) atoms. The molecular weight excluding hydrogens is 250 g/mol. The lowest BCUT2D eigenvalue weighted by atomic mass is 9.66. The Balaban J connectivity index is 1.49. The Kier molecular flexibility index (Phi) is 3.80. The summed E-state index contributed by atoms with van der Waals surface area (Å²) in [5.74, 6) is 0.737. The van der Waals surface area contributed by atoms with E-state index in [0.717, 1.165) is 39.0 Å². The van der Waals surface area contributed by atoms with Crippen LogP contribution >= 0.6 is 0 Å². The molecule has 2 heterocycles. The molecule has 0 atom stereocenters. The predicted molar refractivity (Wildman–Crippen MR) is 80.6 cm³/mol. The van der Waals surface area contributed by atoms with Gasteiger partial charge in [-0.2, -0.15) is 0 Å². The highest BCUT2D eigenvalue weighted by molar-refractivity contribution is 5.80. The Bertz CT molecular complexity index is 368. The molecule has 0 unspecified atom stereocenters. The number of hydrogen-bond donors (Lipinski definition) is 0. The van der Waals surface area contributed by atoms with Gasteiger partial charge in [0.1, 0.15) is 0 Å². The van der Waals surface area contributed by atoms with Crippen LogP contribution in [0.25, 0.3) is 0 Å². The van der Waals surface area contributed by atoms with E-state index in [1.54, 1.807) is 0 Å². The van der Waals surface area contributed by atoms with E-state index in [-0.39, 0.29) is 0 Å². The van der Waals surface area contributed by atoms with Gasteiger partial charge in [0.05, 0.1) is 0 Å². The molecule has 0 aromatic heterocycles. The van der Waals surface area contributed by atoms with Crippen LogP contribution in [0.5, 0.6) is 0 Å². The smallest absolute Gasteiger partial charge is 0.225 e. The van der Waals surface area contributed by atoms with Crippen LogP contribution in [0.3, 0.4) is 0 Å². The molecule has 3 fully saturated rings. The lowest BCUT2D eigenvalue weighted by Gasteiger charge is -2.50. The van der Waals surface area contributed by atoms with E-state index in [1.807, 2.05) is 0 Å². The van der Waals surface area contributed by atoms with Crippen molar-refractivity contribution in [3.8, 4) is 0 Å². The van der Waals surface area contributed by atoms with Crippen molar-refractivity contribution in [2.45, 2.75) is 51.1 Å². The van der Waals surface area contributed by atoms with Gasteiger partial charge in [0.25, 0.3) is 0 Å². The fraction of sp³-hybridized carbons (Fsp3) is 0.938. The summed E-state index contributed by atoms with van der Waals surface area (Å²) < 4.78 is 0. The summed E-state index contributed by atoms with van der Waals surface area (Å²) >= 11 is 0. The van der Waals surface area contributed by atoms with Crippen LogP contribution in [0.2, 0.25) is 0 Å². The molecule has 114 valence electrons. The van der Waals surface area contributed by atoms with Crippen molar-refractivity contribution in [3.05, 3.63) is 0 Å². The maximum Gasteiger partial charge on any atom is 0.225 e. The van der Waals surface area contributed by atoms with Gasteiger partial charge in [-0.05, 0) is 53.1 Å². The fourth-order valence-electron chi connectivity index (χ4n) is 4.34. The van der Waals surface area contributed by atoms with Crippen molar-refractivity contribution in [1.82, 2.24) is 14.7 Å². The molecule has 0 aromatic rings. The molecule has 3 rings (SSSR count). The zero-order valence-corrected chi connectivity index (χ0v) is 13.3. The molecule has 3 aliphatic rings. The Morgan fingerprint density at radius 2 is 1.75 bits per heavy atom. The highest BCUT2D eigenvalue weighted by Gasteiger charge is 2.52. The van der Waals surface area contributed by atoms with Gasteiger partial charge in [-0.3, -0.25) is 9.69 Å². The Morgan fingerprint density at radius 3 is 2.25 bits per heavy atom. The van der Waals surface area contributed by atoms with Crippen LogP contribution in [-0.4, -0.2) is 72.0 Å². The minimum atomic E-state index is 0.307. The molecular formula is C16H29N3O. The first-order valence-corrected chi connectivity index (χ1v) is 8.26. The van der Waals surface area contributed by atoms with Crippen molar-refractivity contribution in [1.29, 1.82) is 0 Å². The Labute approximate surface area is 123 Å². The SMILES string of the molecule is CC(C)N1CCN(C(=O)C2CC3(CCCN3C)C2)CC1.